The maximum atomic E-state index is 13.3. The fraction of sp³-hybridized carbons (Fsp3) is 0.0625. The van der Waals surface area contributed by atoms with Gasteiger partial charge in [0.1, 0.15) is 11.5 Å². The summed E-state index contributed by atoms with van der Waals surface area (Å²) in [6.07, 6.45) is 0. The lowest BCUT2D eigenvalue weighted by atomic mass is 10.2. The zero-order chi connectivity index (χ0) is 14.8. The Balaban J connectivity index is 2.08. The molecule has 2 aromatic carbocycles. The van der Waals surface area contributed by atoms with Gasteiger partial charge in [-0.3, -0.25) is 4.98 Å². The summed E-state index contributed by atoms with van der Waals surface area (Å²) >= 11 is 0. The van der Waals surface area contributed by atoms with Crippen LogP contribution in [0.25, 0.3) is 10.9 Å². The monoisotopic (exact) mass is 286 g/mol. The van der Waals surface area contributed by atoms with Crippen LogP contribution < -0.4 is 10.5 Å². The van der Waals surface area contributed by atoms with E-state index in [0.717, 1.165) is 23.0 Å². The molecule has 0 fully saturated rings. The van der Waals surface area contributed by atoms with Gasteiger partial charge in [-0.1, -0.05) is 12.1 Å². The van der Waals surface area contributed by atoms with Crippen LogP contribution in [0.1, 0.15) is 5.69 Å². The van der Waals surface area contributed by atoms with Crippen molar-refractivity contribution in [3.63, 3.8) is 0 Å². The van der Waals surface area contributed by atoms with Gasteiger partial charge in [-0.05, 0) is 24.3 Å². The summed E-state index contributed by atoms with van der Waals surface area (Å²) in [6, 6.07) is 12.5. The highest BCUT2D eigenvalue weighted by Gasteiger charge is 2.09. The molecule has 106 valence electrons. The smallest absolute Gasteiger partial charge is 0.162 e. The van der Waals surface area contributed by atoms with Crippen LogP contribution in [0, 0.1) is 11.6 Å². The fourth-order valence-corrected chi connectivity index (χ4v) is 2.05. The van der Waals surface area contributed by atoms with Gasteiger partial charge in [0, 0.05) is 24.1 Å². The Morgan fingerprint density at radius 3 is 2.57 bits per heavy atom. The van der Waals surface area contributed by atoms with Crippen LogP contribution in [-0.2, 0) is 6.54 Å². The molecule has 1 heterocycles. The molecule has 0 unspecified atom stereocenters. The highest BCUT2D eigenvalue weighted by molar-refractivity contribution is 5.85. The SMILES string of the molecule is NCc1cc(Oc2ccc(F)c(F)c2)c2ccccc2n1. The molecule has 3 rings (SSSR count). The summed E-state index contributed by atoms with van der Waals surface area (Å²) < 4.78 is 31.9. The summed E-state index contributed by atoms with van der Waals surface area (Å²) in [5, 5.41) is 0.777. The normalized spacial score (nSPS) is 10.8. The number of para-hydroxylation sites is 1. The van der Waals surface area contributed by atoms with Gasteiger partial charge < -0.3 is 10.5 Å². The number of benzene rings is 2. The number of ether oxygens (including phenoxy) is 1. The number of nitrogens with two attached hydrogens (primary N) is 1. The van der Waals surface area contributed by atoms with E-state index in [-0.39, 0.29) is 12.3 Å². The molecule has 0 aliphatic rings. The van der Waals surface area contributed by atoms with Crippen molar-refractivity contribution in [1.82, 2.24) is 4.98 Å². The van der Waals surface area contributed by atoms with Gasteiger partial charge in [0.25, 0.3) is 0 Å². The number of aromatic nitrogens is 1. The molecule has 0 bridgehead atoms. The summed E-state index contributed by atoms with van der Waals surface area (Å²) in [5.41, 5.74) is 7.01. The molecule has 1 aromatic heterocycles. The van der Waals surface area contributed by atoms with Crippen molar-refractivity contribution in [2.45, 2.75) is 6.54 Å². The fourth-order valence-electron chi connectivity index (χ4n) is 2.05. The van der Waals surface area contributed by atoms with Gasteiger partial charge in [0.15, 0.2) is 11.6 Å². The zero-order valence-corrected chi connectivity index (χ0v) is 11.0. The second-order valence-electron chi connectivity index (χ2n) is 4.51. The lowest BCUT2D eigenvalue weighted by molar-refractivity contribution is 0.464. The average Bonchev–Trinajstić information content (AvgIpc) is 2.51. The zero-order valence-electron chi connectivity index (χ0n) is 11.0. The Hall–Kier alpha value is -2.53. The molecule has 21 heavy (non-hydrogen) atoms. The summed E-state index contributed by atoms with van der Waals surface area (Å²) in [7, 11) is 0. The van der Waals surface area contributed by atoms with Crippen LogP contribution in [0.5, 0.6) is 11.5 Å². The average molecular weight is 286 g/mol. The molecular weight excluding hydrogens is 274 g/mol. The van der Waals surface area contributed by atoms with Crippen LogP contribution in [0.15, 0.2) is 48.5 Å². The number of fused-ring (bicyclic) bond motifs is 1. The first-order valence-corrected chi connectivity index (χ1v) is 6.39. The molecule has 3 aromatic rings. The minimum absolute atomic E-state index is 0.216. The van der Waals surface area contributed by atoms with Gasteiger partial charge in [-0.25, -0.2) is 8.78 Å². The van der Waals surface area contributed by atoms with E-state index in [1.165, 1.54) is 6.07 Å². The molecular formula is C16H12F2N2O. The Labute approximate surface area is 120 Å². The molecule has 0 aliphatic heterocycles. The molecule has 0 spiro atoms. The van der Waals surface area contributed by atoms with Gasteiger partial charge in [-0.15, -0.1) is 0 Å². The van der Waals surface area contributed by atoms with E-state index in [2.05, 4.69) is 4.98 Å². The van der Waals surface area contributed by atoms with E-state index in [0.29, 0.717) is 11.4 Å². The largest absolute Gasteiger partial charge is 0.456 e. The third-order valence-electron chi connectivity index (χ3n) is 3.06. The van der Waals surface area contributed by atoms with Crippen molar-refractivity contribution in [2.75, 3.05) is 0 Å². The summed E-state index contributed by atoms with van der Waals surface area (Å²) in [6.45, 7) is 0.263. The molecule has 0 amide bonds. The molecule has 3 nitrogen and oxygen atoms in total. The number of rotatable bonds is 3. The second kappa shape index (κ2) is 5.46. The second-order valence-corrected chi connectivity index (χ2v) is 4.51. The number of halogens is 2. The lowest BCUT2D eigenvalue weighted by Crippen LogP contribution is -2.00. The topological polar surface area (TPSA) is 48.1 Å². The quantitative estimate of drug-likeness (QED) is 0.797. The van der Waals surface area contributed by atoms with Crippen molar-refractivity contribution in [2.24, 2.45) is 5.73 Å². The molecule has 0 saturated heterocycles. The maximum absolute atomic E-state index is 13.3. The predicted molar refractivity (Wildman–Crippen MR) is 76.1 cm³/mol. The van der Waals surface area contributed by atoms with E-state index in [1.807, 2.05) is 24.3 Å². The minimum Gasteiger partial charge on any atom is -0.456 e. The van der Waals surface area contributed by atoms with Crippen molar-refractivity contribution in [1.29, 1.82) is 0 Å². The first-order valence-electron chi connectivity index (χ1n) is 6.39. The predicted octanol–water partition coefficient (Wildman–Crippen LogP) is 3.76. The van der Waals surface area contributed by atoms with E-state index in [1.54, 1.807) is 6.07 Å². The van der Waals surface area contributed by atoms with Gasteiger partial charge in [0.05, 0.1) is 11.2 Å². The first-order chi connectivity index (χ1) is 10.2. The Bertz CT molecular complexity index is 805. The molecule has 5 heteroatoms. The highest BCUT2D eigenvalue weighted by atomic mass is 19.2. The van der Waals surface area contributed by atoms with Crippen LogP contribution >= 0.6 is 0 Å². The number of nitrogens with zero attached hydrogens (tertiary/aromatic N) is 1. The molecule has 0 atom stereocenters. The first kappa shape index (κ1) is 13.5. The molecule has 0 aliphatic carbocycles. The van der Waals surface area contributed by atoms with Gasteiger partial charge in [-0.2, -0.15) is 0 Å². The van der Waals surface area contributed by atoms with Crippen LogP contribution in [-0.4, -0.2) is 4.98 Å². The van der Waals surface area contributed by atoms with Crippen molar-refractivity contribution >= 4 is 10.9 Å². The molecule has 0 radical (unpaired) electrons. The van der Waals surface area contributed by atoms with Crippen LogP contribution in [0.4, 0.5) is 8.78 Å². The highest BCUT2D eigenvalue weighted by Crippen LogP contribution is 2.30. The molecule has 0 saturated carbocycles. The standard InChI is InChI=1S/C16H12F2N2O/c17-13-6-5-11(8-14(13)18)21-16-7-10(9-19)20-15-4-2-1-3-12(15)16/h1-8H,9,19H2. The lowest BCUT2D eigenvalue weighted by Gasteiger charge is -2.10. The van der Waals surface area contributed by atoms with E-state index in [9.17, 15) is 8.78 Å². The van der Waals surface area contributed by atoms with Crippen molar-refractivity contribution in [3.05, 3.63) is 65.9 Å². The molecule has 2 N–H and O–H groups in total. The van der Waals surface area contributed by atoms with E-state index < -0.39 is 11.6 Å². The van der Waals surface area contributed by atoms with Crippen LogP contribution in [0.3, 0.4) is 0 Å². The third-order valence-corrected chi connectivity index (χ3v) is 3.06. The number of hydrogen-bond acceptors (Lipinski definition) is 3. The summed E-state index contributed by atoms with van der Waals surface area (Å²) in [4.78, 5) is 4.39. The Morgan fingerprint density at radius 1 is 1.00 bits per heavy atom. The van der Waals surface area contributed by atoms with Crippen molar-refractivity contribution < 1.29 is 13.5 Å². The maximum Gasteiger partial charge on any atom is 0.162 e. The van der Waals surface area contributed by atoms with Crippen LogP contribution in [0.2, 0.25) is 0 Å². The number of pyridine rings is 1. The van der Waals surface area contributed by atoms with Gasteiger partial charge >= 0.3 is 0 Å². The van der Waals surface area contributed by atoms with E-state index >= 15 is 0 Å². The third kappa shape index (κ3) is 2.68. The van der Waals surface area contributed by atoms with Gasteiger partial charge in [0.2, 0.25) is 0 Å². The Kier molecular flexibility index (Phi) is 3.50. The van der Waals surface area contributed by atoms with Crippen molar-refractivity contribution in [3.8, 4) is 11.5 Å². The van der Waals surface area contributed by atoms with E-state index in [4.69, 9.17) is 10.5 Å². The minimum atomic E-state index is -0.954. The Morgan fingerprint density at radius 2 is 1.81 bits per heavy atom. The number of hydrogen-bond donors (Lipinski definition) is 1. The summed E-state index contributed by atoms with van der Waals surface area (Å²) in [5.74, 6) is -1.14.